The summed E-state index contributed by atoms with van der Waals surface area (Å²) in [5.74, 6) is 1.40. The Morgan fingerprint density at radius 2 is 2.21 bits per heavy atom. The number of urea groups is 1. The second kappa shape index (κ2) is 9.08. The van der Waals surface area contributed by atoms with Crippen molar-refractivity contribution < 1.29 is 9.21 Å². The Balaban J connectivity index is 1.73. The van der Waals surface area contributed by atoms with Gasteiger partial charge in [0.25, 0.3) is 0 Å². The highest BCUT2D eigenvalue weighted by molar-refractivity contribution is 5.73. The van der Waals surface area contributed by atoms with Crippen molar-refractivity contribution >= 4 is 6.03 Å². The normalized spacial score (nSPS) is 20.3. The van der Waals surface area contributed by atoms with E-state index >= 15 is 0 Å². The summed E-state index contributed by atoms with van der Waals surface area (Å²) in [6, 6.07) is 4.32. The average molecular weight is 336 g/mol. The summed E-state index contributed by atoms with van der Waals surface area (Å²) in [5, 5.41) is 5.99. The third kappa shape index (κ3) is 5.53. The van der Waals surface area contributed by atoms with Crippen LogP contribution in [0.4, 0.5) is 4.79 Å². The van der Waals surface area contributed by atoms with Crippen LogP contribution in [0.2, 0.25) is 0 Å². The third-order valence-corrected chi connectivity index (χ3v) is 4.78. The van der Waals surface area contributed by atoms with E-state index in [2.05, 4.69) is 29.4 Å². The largest absolute Gasteiger partial charge is 0.468 e. The molecule has 0 aliphatic carbocycles. The monoisotopic (exact) mass is 336 g/mol. The predicted octanol–water partition coefficient (Wildman–Crippen LogP) is 2.30. The van der Waals surface area contributed by atoms with Crippen molar-refractivity contribution in [3.63, 3.8) is 0 Å². The molecule has 136 valence electrons. The van der Waals surface area contributed by atoms with Gasteiger partial charge in [-0.25, -0.2) is 4.79 Å². The van der Waals surface area contributed by atoms with Gasteiger partial charge in [-0.2, -0.15) is 0 Å². The Labute approximate surface area is 145 Å². The molecule has 0 aromatic carbocycles. The smallest absolute Gasteiger partial charge is 0.314 e. The summed E-state index contributed by atoms with van der Waals surface area (Å²) in [4.78, 5) is 16.6. The molecule has 0 radical (unpaired) electrons. The molecule has 1 aliphatic heterocycles. The average Bonchev–Trinajstić information content (AvgIpc) is 3.07. The molecule has 6 nitrogen and oxygen atoms in total. The number of hydrogen-bond donors (Lipinski definition) is 2. The number of piperidine rings is 1. The zero-order valence-corrected chi connectivity index (χ0v) is 15.4. The molecule has 6 heteroatoms. The standard InChI is InChI=1S/C18H32N4O2/c1-14(2)22-9-5-7-15(13-22)11-19-18(23)20-12-16(21(3)4)17-8-6-10-24-17/h6,8,10,14-16H,5,7,9,11-13H2,1-4H3,(H2,19,20,23). The van der Waals surface area contributed by atoms with Crippen molar-refractivity contribution in [2.75, 3.05) is 40.3 Å². The zero-order chi connectivity index (χ0) is 17.5. The van der Waals surface area contributed by atoms with Gasteiger partial charge in [-0.05, 0) is 65.4 Å². The van der Waals surface area contributed by atoms with Gasteiger partial charge >= 0.3 is 6.03 Å². The fourth-order valence-corrected chi connectivity index (χ4v) is 3.24. The van der Waals surface area contributed by atoms with Gasteiger partial charge in [0.2, 0.25) is 0 Å². The summed E-state index contributed by atoms with van der Waals surface area (Å²) in [6.07, 6.45) is 4.07. The van der Waals surface area contributed by atoms with Gasteiger partial charge in [0.15, 0.2) is 0 Å². The lowest BCUT2D eigenvalue weighted by atomic mass is 9.97. The fraction of sp³-hybridized carbons (Fsp3) is 0.722. The molecule has 0 bridgehead atoms. The summed E-state index contributed by atoms with van der Waals surface area (Å²) >= 11 is 0. The summed E-state index contributed by atoms with van der Waals surface area (Å²) in [7, 11) is 3.96. The molecule has 1 saturated heterocycles. The second-order valence-corrected chi connectivity index (χ2v) is 7.18. The predicted molar refractivity (Wildman–Crippen MR) is 96.0 cm³/mol. The topological polar surface area (TPSA) is 60.8 Å². The number of furan rings is 1. The van der Waals surface area contributed by atoms with E-state index in [1.807, 2.05) is 31.1 Å². The lowest BCUT2D eigenvalue weighted by Crippen LogP contribution is -2.46. The van der Waals surface area contributed by atoms with Crippen LogP contribution in [0.1, 0.15) is 38.5 Å². The number of likely N-dealkylation sites (N-methyl/N-ethyl adjacent to an activating group) is 1. The molecule has 1 aliphatic rings. The zero-order valence-electron chi connectivity index (χ0n) is 15.4. The Bertz CT molecular complexity index is 487. The highest BCUT2D eigenvalue weighted by atomic mass is 16.3. The maximum Gasteiger partial charge on any atom is 0.314 e. The first-order chi connectivity index (χ1) is 11.5. The molecule has 2 heterocycles. The number of carbonyl (C=O) groups is 1. The summed E-state index contributed by atoms with van der Waals surface area (Å²) < 4.78 is 5.46. The van der Waals surface area contributed by atoms with Crippen LogP contribution in [0.25, 0.3) is 0 Å². The molecule has 0 saturated carbocycles. The van der Waals surface area contributed by atoms with E-state index in [4.69, 9.17) is 4.42 Å². The van der Waals surface area contributed by atoms with Crippen LogP contribution in [0.3, 0.4) is 0 Å². The van der Waals surface area contributed by atoms with Gasteiger partial charge in [-0.15, -0.1) is 0 Å². The Hall–Kier alpha value is -1.53. The minimum atomic E-state index is -0.102. The molecule has 0 spiro atoms. The number of amides is 2. The molecule has 2 atom stereocenters. The number of nitrogens with one attached hydrogen (secondary N) is 2. The quantitative estimate of drug-likeness (QED) is 0.802. The van der Waals surface area contributed by atoms with Crippen molar-refractivity contribution in [1.29, 1.82) is 0 Å². The molecule has 24 heavy (non-hydrogen) atoms. The van der Waals surface area contributed by atoms with Crippen LogP contribution in [-0.4, -0.2) is 62.1 Å². The minimum absolute atomic E-state index is 0.0388. The molecular weight excluding hydrogens is 304 g/mol. The molecule has 2 rings (SSSR count). The van der Waals surface area contributed by atoms with Crippen LogP contribution >= 0.6 is 0 Å². The first kappa shape index (κ1) is 18.8. The molecule has 2 N–H and O–H groups in total. The van der Waals surface area contributed by atoms with E-state index in [9.17, 15) is 4.79 Å². The molecule has 1 aromatic rings. The van der Waals surface area contributed by atoms with E-state index < -0.39 is 0 Å². The van der Waals surface area contributed by atoms with E-state index in [1.54, 1.807) is 6.26 Å². The van der Waals surface area contributed by atoms with Crippen molar-refractivity contribution in [3.05, 3.63) is 24.2 Å². The van der Waals surface area contributed by atoms with E-state index in [0.29, 0.717) is 18.5 Å². The number of carbonyl (C=O) groups excluding carboxylic acids is 1. The third-order valence-electron chi connectivity index (χ3n) is 4.78. The molecule has 2 amide bonds. The molecule has 1 aromatic heterocycles. The summed E-state index contributed by atoms with van der Waals surface area (Å²) in [6.45, 7) is 7.98. The maximum atomic E-state index is 12.1. The van der Waals surface area contributed by atoms with Gasteiger partial charge in [-0.1, -0.05) is 0 Å². The van der Waals surface area contributed by atoms with Crippen LogP contribution in [0.15, 0.2) is 22.8 Å². The lowest BCUT2D eigenvalue weighted by Gasteiger charge is -2.35. The molecular formula is C18H32N4O2. The van der Waals surface area contributed by atoms with Gasteiger partial charge in [-0.3, -0.25) is 4.90 Å². The Morgan fingerprint density at radius 3 is 2.83 bits per heavy atom. The number of hydrogen-bond acceptors (Lipinski definition) is 4. The Morgan fingerprint density at radius 1 is 1.42 bits per heavy atom. The number of likely N-dealkylation sites (tertiary alicyclic amines) is 1. The van der Waals surface area contributed by atoms with Gasteiger partial charge in [0.05, 0.1) is 12.3 Å². The summed E-state index contributed by atoms with van der Waals surface area (Å²) in [5.41, 5.74) is 0. The van der Waals surface area contributed by atoms with Crippen LogP contribution < -0.4 is 10.6 Å². The lowest BCUT2D eigenvalue weighted by molar-refractivity contribution is 0.139. The van der Waals surface area contributed by atoms with Gasteiger partial charge < -0.3 is 20.0 Å². The van der Waals surface area contributed by atoms with Crippen molar-refractivity contribution in [3.8, 4) is 0 Å². The van der Waals surface area contributed by atoms with Crippen molar-refractivity contribution in [1.82, 2.24) is 20.4 Å². The maximum absolute atomic E-state index is 12.1. The fourth-order valence-electron chi connectivity index (χ4n) is 3.24. The Kier molecular flexibility index (Phi) is 7.12. The number of rotatable bonds is 7. The van der Waals surface area contributed by atoms with Gasteiger partial charge in [0, 0.05) is 25.7 Å². The first-order valence-corrected chi connectivity index (χ1v) is 8.93. The first-order valence-electron chi connectivity index (χ1n) is 8.93. The van der Waals surface area contributed by atoms with E-state index in [1.165, 1.54) is 19.4 Å². The highest BCUT2D eigenvalue weighted by Crippen LogP contribution is 2.18. The molecule has 1 fully saturated rings. The van der Waals surface area contributed by atoms with Crippen molar-refractivity contribution in [2.45, 2.75) is 38.8 Å². The van der Waals surface area contributed by atoms with E-state index in [0.717, 1.165) is 18.8 Å². The van der Waals surface area contributed by atoms with Crippen LogP contribution in [-0.2, 0) is 0 Å². The van der Waals surface area contributed by atoms with E-state index in [-0.39, 0.29) is 12.1 Å². The van der Waals surface area contributed by atoms with Gasteiger partial charge in [0.1, 0.15) is 5.76 Å². The molecule has 2 unspecified atom stereocenters. The highest BCUT2D eigenvalue weighted by Gasteiger charge is 2.22. The SMILES string of the molecule is CC(C)N1CCCC(CNC(=O)NCC(c2ccco2)N(C)C)C1. The minimum Gasteiger partial charge on any atom is -0.468 e. The number of nitrogens with zero attached hydrogens (tertiary/aromatic N) is 2. The van der Waals surface area contributed by atoms with Crippen LogP contribution in [0.5, 0.6) is 0 Å². The second-order valence-electron chi connectivity index (χ2n) is 7.18. The van der Waals surface area contributed by atoms with Crippen molar-refractivity contribution in [2.24, 2.45) is 5.92 Å². The van der Waals surface area contributed by atoms with Crippen LogP contribution in [0, 0.1) is 5.92 Å².